The summed E-state index contributed by atoms with van der Waals surface area (Å²) >= 11 is 0. The molecule has 0 aliphatic rings. The summed E-state index contributed by atoms with van der Waals surface area (Å²) in [7, 11) is 0. The zero-order chi connectivity index (χ0) is 11.5. The molecule has 5 nitrogen and oxygen atoms in total. The molecule has 0 saturated heterocycles. The third-order valence-corrected chi connectivity index (χ3v) is 1.94. The third kappa shape index (κ3) is 10.7. The Morgan fingerprint density at radius 2 is 1.73 bits per heavy atom. The van der Waals surface area contributed by atoms with Crippen LogP contribution in [0.5, 0.6) is 0 Å². The molecule has 0 aromatic heterocycles. The Hall–Kier alpha value is -1.26. The zero-order valence-corrected chi connectivity index (χ0v) is 9.21. The second-order valence-corrected chi connectivity index (χ2v) is 3.39. The number of rotatable bonds is 8. The van der Waals surface area contributed by atoms with E-state index in [0.717, 1.165) is 12.8 Å². The van der Waals surface area contributed by atoms with Crippen LogP contribution in [0.1, 0.15) is 39.0 Å². The zero-order valence-electron chi connectivity index (χ0n) is 9.21. The van der Waals surface area contributed by atoms with Crippen LogP contribution in [-0.4, -0.2) is 30.2 Å². The SMILES string of the molecule is CCCCCCNC(=O)NCCC(=O)O. The first kappa shape index (κ1) is 13.7. The highest BCUT2D eigenvalue weighted by Crippen LogP contribution is 1.96. The smallest absolute Gasteiger partial charge is 0.314 e. The number of carboxylic acid groups (broad SMARTS) is 1. The average molecular weight is 216 g/mol. The second kappa shape index (κ2) is 9.30. The maximum absolute atomic E-state index is 11.0. The van der Waals surface area contributed by atoms with Gasteiger partial charge in [0.25, 0.3) is 0 Å². The summed E-state index contributed by atoms with van der Waals surface area (Å²) < 4.78 is 0. The van der Waals surface area contributed by atoms with Crippen molar-refractivity contribution in [2.75, 3.05) is 13.1 Å². The Labute approximate surface area is 90.2 Å². The van der Waals surface area contributed by atoms with Gasteiger partial charge in [-0.15, -0.1) is 0 Å². The molecule has 0 aliphatic heterocycles. The Bertz CT molecular complexity index is 195. The maximum Gasteiger partial charge on any atom is 0.314 e. The van der Waals surface area contributed by atoms with E-state index in [9.17, 15) is 9.59 Å². The van der Waals surface area contributed by atoms with Crippen molar-refractivity contribution in [2.45, 2.75) is 39.0 Å². The fourth-order valence-electron chi connectivity index (χ4n) is 1.10. The van der Waals surface area contributed by atoms with Gasteiger partial charge in [-0.2, -0.15) is 0 Å². The van der Waals surface area contributed by atoms with E-state index in [2.05, 4.69) is 17.6 Å². The van der Waals surface area contributed by atoms with Crippen LogP contribution in [-0.2, 0) is 4.79 Å². The topological polar surface area (TPSA) is 78.4 Å². The molecular formula is C10H20N2O3. The van der Waals surface area contributed by atoms with Gasteiger partial charge >= 0.3 is 12.0 Å². The first-order chi connectivity index (χ1) is 7.16. The summed E-state index contributed by atoms with van der Waals surface area (Å²) in [6, 6.07) is -0.284. The van der Waals surface area contributed by atoms with Crippen LogP contribution in [0.4, 0.5) is 4.79 Å². The van der Waals surface area contributed by atoms with Gasteiger partial charge in [-0.25, -0.2) is 4.79 Å². The molecule has 0 fully saturated rings. The van der Waals surface area contributed by atoms with Gasteiger partial charge < -0.3 is 15.7 Å². The minimum absolute atomic E-state index is 0.0384. The molecule has 0 spiro atoms. The number of aliphatic carboxylic acids is 1. The largest absolute Gasteiger partial charge is 0.481 e. The van der Waals surface area contributed by atoms with E-state index < -0.39 is 5.97 Å². The normalized spacial score (nSPS) is 9.67. The Morgan fingerprint density at radius 3 is 2.33 bits per heavy atom. The van der Waals surface area contributed by atoms with Crippen LogP contribution in [0.2, 0.25) is 0 Å². The second-order valence-electron chi connectivity index (χ2n) is 3.39. The summed E-state index contributed by atoms with van der Waals surface area (Å²) in [6.07, 6.45) is 4.41. The molecule has 0 aliphatic carbocycles. The lowest BCUT2D eigenvalue weighted by atomic mass is 10.2. The number of hydrogen-bond acceptors (Lipinski definition) is 2. The van der Waals surface area contributed by atoms with Crippen molar-refractivity contribution in [3.05, 3.63) is 0 Å². The van der Waals surface area contributed by atoms with Crippen LogP contribution in [0.15, 0.2) is 0 Å². The lowest BCUT2D eigenvalue weighted by Crippen LogP contribution is -2.37. The van der Waals surface area contributed by atoms with Gasteiger partial charge in [0, 0.05) is 13.1 Å². The number of carbonyl (C=O) groups is 2. The van der Waals surface area contributed by atoms with Crippen LogP contribution < -0.4 is 10.6 Å². The van der Waals surface area contributed by atoms with E-state index >= 15 is 0 Å². The van der Waals surface area contributed by atoms with Crippen molar-refractivity contribution < 1.29 is 14.7 Å². The molecule has 0 heterocycles. The molecule has 88 valence electrons. The molecule has 0 aromatic rings. The fraction of sp³-hybridized carbons (Fsp3) is 0.800. The summed E-state index contributed by atoms with van der Waals surface area (Å²) in [4.78, 5) is 21.2. The molecular weight excluding hydrogens is 196 g/mol. The van der Waals surface area contributed by atoms with Gasteiger partial charge in [0.2, 0.25) is 0 Å². The van der Waals surface area contributed by atoms with Crippen molar-refractivity contribution in [1.29, 1.82) is 0 Å². The number of carbonyl (C=O) groups excluding carboxylic acids is 1. The minimum atomic E-state index is -0.904. The lowest BCUT2D eigenvalue weighted by molar-refractivity contribution is -0.136. The van der Waals surface area contributed by atoms with Gasteiger partial charge in [0.1, 0.15) is 0 Å². The first-order valence-electron chi connectivity index (χ1n) is 5.40. The first-order valence-corrected chi connectivity index (χ1v) is 5.40. The van der Waals surface area contributed by atoms with Gasteiger partial charge in [0.05, 0.1) is 6.42 Å². The number of urea groups is 1. The maximum atomic E-state index is 11.0. The summed E-state index contributed by atoms with van der Waals surface area (Å²) in [6.45, 7) is 2.96. The molecule has 3 N–H and O–H groups in total. The highest BCUT2D eigenvalue weighted by Gasteiger charge is 2.00. The van der Waals surface area contributed by atoms with Gasteiger partial charge in [0.15, 0.2) is 0 Å². The third-order valence-electron chi connectivity index (χ3n) is 1.94. The minimum Gasteiger partial charge on any atom is -0.481 e. The molecule has 0 saturated carbocycles. The van der Waals surface area contributed by atoms with Crippen LogP contribution >= 0.6 is 0 Å². The molecule has 0 radical (unpaired) electrons. The Balaban J connectivity index is 3.22. The van der Waals surface area contributed by atoms with Crippen molar-refractivity contribution in [1.82, 2.24) is 10.6 Å². The van der Waals surface area contributed by atoms with E-state index in [1.54, 1.807) is 0 Å². The van der Waals surface area contributed by atoms with E-state index in [1.165, 1.54) is 12.8 Å². The molecule has 0 atom stereocenters. The van der Waals surface area contributed by atoms with Gasteiger partial charge in [-0.3, -0.25) is 4.79 Å². The quantitative estimate of drug-likeness (QED) is 0.536. The predicted molar refractivity (Wildman–Crippen MR) is 57.8 cm³/mol. The molecule has 5 heteroatoms. The average Bonchev–Trinajstić information content (AvgIpc) is 2.17. The van der Waals surface area contributed by atoms with Crippen LogP contribution in [0.3, 0.4) is 0 Å². The standard InChI is InChI=1S/C10H20N2O3/c1-2-3-4-5-7-11-10(15)12-8-6-9(13)14/h2-8H2,1H3,(H,13,14)(H2,11,12,15). The summed E-state index contributed by atoms with van der Waals surface area (Å²) in [5, 5.41) is 13.5. The number of amides is 2. The number of unbranched alkanes of at least 4 members (excludes halogenated alkanes) is 3. The molecule has 0 unspecified atom stereocenters. The van der Waals surface area contributed by atoms with Crippen molar-refractivity contribution in [2.24, 2.45) is 0 Å². The fourth-order valence-corrected chi connectivity index (χ4v) is 1.10. The Morgan fingerprint density at radius 1 is 1.07 bits per heavy atom. The predicted octanol–water partition coefficient (Wildman–Crippen LogP) is 1.34. The van der Waals surface area contributed by atoms with E-state index in [0.29, 0.717) is 6.54 Å². The van der Waals surface area contributed by atoms with Crippen molar-refractivity contribution in [3.8, 4) is 0 Å². The number of hydrogen-bond donors (Lipinski definition) is 3. The molecule has 2 amide bonds. The number of carboxylic acids is 1. The summed E-state index contributed by atoms with van der Waals surface area (Å²) in [5.41, 5.74) is 0. The van der Waals surface area contributed by atoms with Crippen molar-refractivity contribution >= 4 is 12.0 Å². The van der Waals surface area contributed by atoms with E-state index in [1.807, 2.05) is 0 Å². The Kier molecular flexibility index (Phi) is 8.52. The lowest BCUT2D eigenvalue weighted by Gasteiger charge is -2.05. The summed E-state index contributed by atoms with van der Waals surface area (Å²) in [5.74, 6) is -0.904. The number of nitrogens with one attached hydrogen (secondary N) is 2. The van der Waals surface area contributed by atoms with E-state index in [-0.39, 0.29) is 19.0 Å². The van der Waals surface area contributed by atoms with Gasteiger partial charge in [-0.05, 0) is 6.42 Å². The highest BCUT2D eigenvalue weighted by atomic mass is 16.4. The van der Waals surface area contributed by atoms with Crippen LogP contribution in [0.25, 0.3) is 0 Å². The van der Waals surface area contributed by atoms with E-state index in [4.69, 9.17) is 5.11 Å². The highest BCUT2D eigenvalue weighted by molar-refractivity contribution is 5.74. The molecule has 0 aromatic carbocycles. The monoisotopic (exact) mass is 216 g/mol. The van der Waals surface area contributed by atoms with Crippen molar-refractivity contribution in [3.63, 3.8) is 0 Å². The molecule has 0 rings (SSSR count). The molecule has 15 heavy (non-hydrogen) atoms. The molecule has 0 bridgehead atoms. The van der Waals surface area contributed by atoms with Gasteiger partial charge in [-0.1, -0.05) is 26.2 Å². The van der Waals surface area contributed by atoms with Crippen LogP contribution in [0, 0.1) is 0 Å².